The van der Waals surface area contributed by atoms with E-state index in [1.54, 1.807) is 0 Å². The van der Waals surface area contributed by atoms with Crippen molar-refractivity contribution in [2.24, 2.45) is 5.92 Å². The molecule has 1 aliphatic carbocycles. The maximum atomic E-state index is 12.4. The van der Waals surface area contributed by atoms with Gasteiger partial charge in [-0.3, -0.25) is 4.79 Å². The van der Waals surface area contributed by atoms with E-state index in [0.29, 0.717) is 24.3 Å². The normalized spacial score (nSPS) is 24.6. The smallest absolute Gasteiger partial charge is 0.222 e. The molecule has 0 aromatic heterocycles. The Hall–Kier alpha value is -1.35. The molecule has 2 aliphatic rings. The van der Waals surface area contributed by atoms with Crippen molar-refractivity contribution in [2.75, 3.05) is 20.1 Å². The summed E-state index contributed by atoms with van der Waals surface area (Å²) in [5, 5.41) is 3.37. The minimum Gasteiger partial charge on any atom is -0.342 e. The van der Waals surface area contributed by atoms with Gasteiger partial charge in [0, 0.05) is 19.5 Å². The summed E-state index contributed by atoms with van der Waals surface area (Å²) < 4.78 is 0. The van der Waals surface area contributed by atoms with Gasteiger partial charge in [-0.05, 0) is 62.2 Å². The number of carbonyl (C=O) groups is 1. The van der Waals surface area contributed by atoms with E-state index >= 15 is 0 Å². The predicted octanol–water partition coefficient (Wildman–Crippen LogP) is 2.39. The fraction of sp³-hybridized carbons (Fsp3) is 0.611. The lowest BCUT2D eigenvalue weighted by Crippen LogP contribution is -2.40. The van der Waals surface area contributed by atoms with E-state index in [1.165, 1.54) is 17.5 Å². The SMILES string of the molecule is CN(C(=O)CCC1CCNC1)C1CCc2ccccc2C1. The van der Waals surface area contributed by atoms with E-state index in [-0.39, 0.29) is 0 Å². The Morgan fingerprint density at radius 1 is 1.29 bits per heavy atom. The highest BCUT2D eigenvalue weighted by Gasteiger charge is 2.25. The van der Waals surface area contributed by atoms with Gasteiger partial charge >= 0.3 is 0 Å². The standard InChI is InChI=1S/C18H26N2O/c1-20(18(21)9-6-14-10-11-19-13-14)17-8-7-15-4-2-3-5-16(15)12-17/h2-5,14,17,19H,6-13H2,1H3. The van der Waals surface area contributed by atoms with Gasteiger partial charge in [0.05, 0.1) is 0 Å². The second kappa shape index (κ2) is 6.61. The maximum absolute atomic E-state index is 12.4. The fourth-order valence-corrected chi connectivity index (χ4v) is 3.68. The molecule has 0 bridgehead atoms. The average molecular weight is 286 g/mol. The van der Waals surface area contributed by atoms with Gasteiger partial charge < -0.3 is 10.2 Å². The molecule has 3 rings (SSSR count). The van der Waals surface area contributed by atoms with Gasteiger partial charge in [-0.25, -0.2) is 0 Å². The van der Waals surface area contributed by atoms with Crippen LogP contribution in [0.15, 0.2) is 24.3 Å². The number of benzene rings is 1. The van der Waals surface area contributed by atoms with E-state index in [2.05, 4.69) is 29.6 Å². The quantitative estimate of drug-likeness (QED) is 0.922. The maximum Gasteiger partial charge on any atom is 0.222 e. The fourth-order valence-electron chi connectivity index (χ4n) is 3.68. The molecule has 114 valence electrons. The number of aryl methyl sites for hydroxylation is 1. The summed E-state index contributed by atoms with van der Waals surface area (Å²) in [5.41, 5.74) is 2.89. The Morgan fingerprint density at radius 2 is 2.10 bits per heavy atom. The predicted molar refractivity (Wildman–Crippen MR) is 85.2 cm³/mol. The number of hydrogen-bond donors (Lipinski definition) is 1. The summed E-state index contributed by atoms with van der Waals surface area (Å²) in [6.07, 6.45) is 6.20. The number of nitrogens with zero attached hydrogens (tertiary/aromatic N) is 1. The first-order valence-electron chi connectivity index (χ1n) is 8.27. The van der Waals surface area contributed by atoms with Crippen LogP contribution in [-0.4, -0.2) is 37.0 Å². The number of carbonyl (C=O) groups excluding carboxylic acids is 1. The Labute approximate surface area is 127 Å². The largest absolute Gasteiger partial charge is 0.342 e. The molecule has 1 aromatic rings. The van der Waals surface area contributed by atoms with Crippen LogP contribution in [0, 0.1) is 5.92 Å². The van der Waals surface area contributed by atoms with Crippen LogP contribution in [-0.2, 0) is 17.6 Å². The van der Waals surface area contributed by atoms with Crippen LogP contribution in [0.25, 0.3) is 0 Å². The van der Waals surface area contributed by atoms with E-state index < -0.39 is 0 Å². The monoisotopic (exact) mass is 286 g/mol. The third-order valence-electron chi connectivity index (χ3n) is 5.19. The Morgan fingerprint density at radius 3 is 2.86 bits per heavy atom. The van der Waals surface area contributed by atoms with Crippen molar-refractivity contribution in [1.29, 1.82) is 0 Å². The molecule has 3 heteroatoms. The molecule has 1 aromatic carbocycles. The number of hydrogen-bond acceptors (Lipinski definition) is 2. The molecule has 0 radical (unpaired) electrons. The molecule has 1 N–H and O–H groups in total. The molecule has 3 nitrogen and oxygen atoms in total. The summed E-state index contributed by atoms with van der Waals surface area (Å²) in [7, 11) is 1.99. The molecule has 0 spiro atoms. The zero-order chi connectivity index (χ0) is 14.7. The van der Waals surface area contributed by atoms with Crippen molar-refractivity contribution >= 4 is 5.91 Å². The topological polar surface area (TPSA) is 32.3 Å². The number of fused-ring (bicyclic) bond motifs is 1. The molecule has 1 amide bonds. The minimum absolute atomic E-state index is 0.325. The lowest BCUT2D eigenvalue weighted by Gasteiger charge is -2.32. The zero-order valence-electron chi connectivity index (χ0n) is 13.0. The number of rotatable bonds is 4. The molecule has 2 unspecified atom stereocenters. The van der Waals surface area contributed by atoms with Crippen LogP contribution in [0.5, 0.6) is 0 Å². The first kappa shape index (κ1) is 14.6. The molecule has 0 saturated carbocycles. The highest BCUT2D eigenvalue weighted by Crippen LogP contribution is 2.24. The van der Waals surface area contributed by atoms with E-state index in [1.807, 2.05) is 11.9 Å². The number of likely N-dealkylation sites (N-methyl/N-ethyl adjacent to an activating group) is 1. The van der Waals surface area contributed by atoms with Crippen LogP contribution < -0.4 is 5.32 Å². The molecule has 1 saturated heterocycles. The van der Waals surface area contributed by atoms with Gasteiger partial charge in [0.25, 0.3) is 0 Å². The summed E-state index contributed by atoms with van der Waals surface area (Å²) in [6.45, 7) is 2.21. The Balaban J connectivity index is 1.53. The first-order valence-corrected chi connectivity index (χ1v) is 8.27. The van der Waals surface area contributed by atoms with Gasteiger partial charge in [-0.15, -0.1) is 0 Å². The summed E-state index contributed by atoms with van der Waals surface area (Å²) in [6, 6.07) is 9.04. The van der Waals surface area contributed by atoms with Gasteiger partial charge in [0.2, 0.25) is 5.91 Å². The molecule has 2 atom stereocenters. The minimum atomic E-state index is 0.325. The molecule has 1 fully saturated rings. The third-order valence-corrected chi connectivity index (χ3v) is 5.19. The van der Waals surface area contributed by atoms with Crippen LogP contribution in [0.1, 0.15) is 36.8 Å². The number of nitrogens with one attached hydrogen (secondary N) is 1. The number of amides is 1. The van der Waals surface area contributed by atoms with Gasteiger partial charge in [-0.1, -0.05) is 24.3 Å². The van der Waals surface area contributed by atoms with E-state index in [0.717, 1.165) is 38.8 Å². The van der Waals surface area contributed by atoms with Crippen LogP contribution in [0.2, 0.25) is 0 Å². The highest BCUT2D eigenvalue weighted by atomic mass is 16.2. The molecular formula is C18H26N2O. The molecular weight excluding hydrogens is 260 g/mol. The van der Waals surface area contributed by atoms with Crippen molar-refractivity contribution < 1.29 is 4.79 Å². The van der Waals surface area contributed by atoms with Crippen LogP contribution >= 0.6 is 0 Å². The summed E-state index contributed by atoms with van der Waals surface area (Å²) >= 11 is 0. The summed E-state index contributed by atoms with van der Waals surface area (Å²) in [4.78, 5) is 14.4. The van der Waals surface area contributed by atoms with Crippen LogP contribution in [0.4, 0.5) is 0 Å². The van der Waals surface area contributed by atoms with Crippen LogP contribution in [0.3, 0.4) is 0 Å². The van der Waals surface area contributed by atoms with Gasteiger partial charge in [0.1, 0.15) is 0 Å². The van der Waals surface area contributed by atoms with Crippen molar-refractivity contribution in [3.8, 4) is 0 Å². The van der Waals surface area contributed by atoms with Crippen molar-refractivity contribution in [3.05, 3.63) is 35.4 Å². The lowest BCUT2D eigenvalue weighted by atomic mass is 9.87. The molecule has 1 aliphatic heterocycles. The van der Waals surface area contributed by atoms with Crippen molar-refractivity contribution in [3.63, 3.8) is 0 Å². The van der Waals surface area contributed by atoms with E-state index in [4.69, 9.17) is 0 Å². The molecule has 21 heavy (non-hydrogen) atoms. The third kappa shape index (κ3) is 3.46. The highest BCUT2D eigenvalue weighted by molar-refractivity contribution is 5.76. The van der Waals surface area contributed by atoms with Crippen molar-refractivity contribution in [1.82, 2.24) is 10.2 Å². The first-order chi connectivity index (χ1) is 10.2. The second-order valence-corrected chi connectivity index (χ2v) is 6.57. The van der Waals surface area contributed by atoms with Gasteiger partial charge in [-0.2, -0.15) is 0 Å². The average Bonchev–Trinajstić information content (AvgIpc) is 3.05. The second-order valence-electron chi connectivity index (χ2n) is 6.57. The van der Waals surface area contributed by atoms with Crippen molar-refractivity contribution in [2.45, 2.75) is 44.6 Å². The lowest BCUT2D eigenvalue weighted by molar-refractivity contribution is -0.132. The Kier molecular flexibility index (Phi) is 4.59. The zero-order valence-corrected chi connectivity index (χ0v) is 13.0. The summed E-state index contributed by atoms with van der Waals surface area (Å²) in [5.74, 6) is 1.03. The van der Waals surface area contributed by atoms with Gasteiger partial charge in [0.15, 0.2) is 0 Å². The Bertz CT molecular complexity index is 494. The van der Waals surface area contributed by atoms with E-state index in [9.17, 15) is 4.79 Å². The molecule has 1 heterocycles.